The number of nitrogens with zero attached hydrogens (tertiary/aromatic N) is 2. The third-order valence-electron chi connectivity index (χ3n) is 3.42. The van der Waals surface area contributed by atoms with Crippen LogP contribution in [0.2, 0.25) is 10.0 Å². The SMILES string of the molecule is CC(=O)On1c(C)c2c(=O)n(-c3cc(Cl)ccc3Cl)[nH]c2cc1=O. The Bertz CT molecular complexity index is 1090. The Kier molecular flexibility index (Phi) is 3.98. The molecule has 0 bridgehead atoms. The Morgan fingerprint density at radius 1 is 1.21 bits per heavy atom. The minimum absolute atomic E-state index is 0.200. The molecule has 0 radical (unpaired) electrons. The first-order valence-corrected chi connectivity index (χ1v) is 7.57. The normalized spacial score (nSPS) is 11.0. The number of rotatable bonds is 2. The molecule has 0 spiro atoms. The molecular formula is C15H11Cl2N3O4. The summed E-state index contributed by atoms with van der Waals surface area (Å²) in [5, 5.41) is 3.72. The van der Waals surface area contributed by atoms with Gasteiger partial charge in [0.15, 0.2) is 0 Å². The molecule has 3 rings (SSSR count). The van der Waals surface area contributed by atoms with Crippen molar-refractivity contribution in [3.8, 4) is 5.69 Å². The van der Waals surface area contributed by atoms with Gasteiger partial charge in [-0.3, -0.25) is 14.7 Å². The van der Waals surface area contributed by atoms with Gasteiger partial charge in [0.2, 0.25) is 0 Å². The molecule has 0 saturated heterocycles. The van der Waals surface area contributed by atoms with E-state index in [-0.39, 0.29) is 11.1 Å². The Balaban J connectivity index is 2.35. The van der Waals surface area contributed by atoms with Crippen molar-refractivity contribution < 1.29 is 9.63 Å². The van der Waals surface area contributed by atoms with Crippen LogP contribution in [0.3, 0.4) is 0 Å². The lowest BCUT2D eigenvalue weighted by Crippen LogP contribution is -2.31. The summed E-state index contributed by atoms with van der Waals surface area (Å²) in [6.45, 7) is 2.67. The summed E-state index contributed by atoms with van der Waals surface area (Å²) in [4.78, 5) is 40.8. The topological polar surface area (TPSA) is 86.1 Å². The standard InChI is InChI=1S/C15H11Cl2N3O4/c1-7-14-11(6-13(22)20(7)24-8(2)21)18-19(15(14)23)12-5-9(16)3-4-10(12)17/h3-6,18H,1-2H3. The molecule has 7 nitrogen and oxygen atoms in total. The zero-order valence-electron chi connectivity index (χ0n) is 12.6. The highest BCUT2D eigenvalue weighted by Gasteiger charge is 2.18. The van der Waals surface area contributed by atoms with E-state index in [1.807, 2.05) is 0 Å². The van der Waals surface area contributed by atoms with Gasteiger partial charge in [-0.1, -0.05) is 23.2 Å². The van der Waals surface area contributed by atoms with Crippen molar-refractivity contribution in [2.24, 2.45) is 0 Å². The lowest BCUT2D eigenvalue weighted by atomic mass is 10.2. The van der Waals surface area contributed by atoms with Gasteiger partial charge in [-0.2, -0.15) is 0 Å². The van der Waals surface area contributed by atoms with Crippen molar-refractivity contribution >= 4 is 40.1 Å². The smallest absolute Gasteiger partial charge is 0.330 e. The summed E-state index contributed by atoms with van der Waals surface area (Å²) >= 11 is 12.1. The number of H-pyrrole nitrogens is 1. The number of aryl methyl sites for hydroxylation is 1. The van der Waals surface area contributed by atoms with Crippen LogP contribution in [0.15, 0.2) is 33.9 Å². The third kappa shape index (κ3) is 2.61. The summed E-state index contributed by atoms with van der Waals surface area (Å²) in [5.74, 6) is -0.673. The number of aromatic nitrogens is 3. The highest BCUT2D eigenvalue weighted by molar-refractivity contribution is 6.34. The summed E-state index contributed by atoms with van der Waals surface area (Å²) in [6, 6.07) is 5.84. The van der Waals surface area contributed by atoms with Gasteiger partial charge in [0.05, 0.1) is 27.3 Å². The number of hydrogen-bond donors (Lipinski definition) is 1. The van der Waals surface area contributed by atoms with E-state index in [1.54, 1.807) is 12.1 Å². The van der Waals surface area contributed by atoms with Crippen LogP contribution in [0.5, 0.6) is 0 Å². The van der Waals surface area contributed by atoms with E-state index in [9.17, 15) is 14.4 Å². The maximum Gasteiger partial charge on any atom is 0.330 e. The zero-order valence-corrected chi connectivity index (χ0v) is 14.1. The van der Waals surface area contributed by atoms with Crippen LogP contribution < -0.4 is 16.0 Å². The molecule has 124 valence electrons. The van der Waals surface area contributed by atoms with Crippen molar-refractivity contribution in [1.82, 2.24) is 14.5 Å². The number of hydrogen-bond acceptors (Lipinski definition) is 4. The lowest BCUT2D eigenvalue weighted by molar-refractivity contribution is -0.142. The molecule has 0 aliphatic heterocycles. The lowest BCUT2D eigenvalue weighted by Gasteiger charge is -2.07. The molecule has 0 fully saturated rings. The van der Waals surface area contributed by atoms with Gasteiger partial charge in [-0.05, 0) is 25.1 Å². The van der Waals surface area contributed by atoms with Crippen LogP contribution in [0.1, 0.15) is 12.6 Å². The fraction of sp³-hybridized carbons (Fsp3) is 0.133. The maximum absolute atomic E-state index is 12.7. The molecule has 0 aliphatic carbocycles. The number of benzene rings is 1. The van der Waals surface area contributed by atoms with Crippen LogP contribution in [0, 0.1) is 6.92 Å². The van der Waals surface area contributed by atoms with Gasteiger partial charge in [0.1, 0.15) is 0 Å². The number of halogens is 2. The van der Waals surface area contributed by atoms with Gasteiger partial charge in [0, 0.05) is 18.0 Å². The van der Waals surface area contributed by atoms with Crippen molar-refractivity contribution in [3.05, 3.63) is 60.7 Å². The third-order valence-corrected chi connectivity index (χ3v) is 3.98. The monoisotopic (exact) mass is 367 g/mol. The first kappa shape index (κ1) is 16.4. The quantitative estimate of drug-likeness (QED) is 0.750. The van der Waals surface area contributed by atoms with Gasteiger partial charge < -0.3 is 4.84 Å². The van der Waals surface area contributed by atoms with E-state index >= 15 is 0 Å². The predicted molar refractivity (Wildman–Crippen MR) is 90.2 cm³/mol. The average molecular weight is 368 g/mol. The highest BCUT2D eigenvalue weighted by Crippen LogP contribution is 2.24. The molecule has 0 amide bonds. The zero-order chi connectivity index (χ0) is 17.6. The molecule has 0 unspecified atom stereocenters. The Morgan fingerprint density at radius 3 is 2.58 bits per heavy atom. The molecule has 0 saturated carbocycles. The Labute approximate surface area is 144 Å². The number of nitrogens with one attached hydrogen (secondary N) is 1. The average Bonchev–Trinajstić information content (AvgIpc) is 2.82. The largest absolute Gasteiger partial charge is 0.334 e. The minimum Gasteiger partial charge on any atom is -0.334 e. The second kappa shape index (κ2) is 5.85. The molecular weight excluding hydrogens is 357 g/mol. The minimum atomic E-state index is -0.673. The first-order valence-electron chi connectivity index (χ1n) is 6.81. The van der Waals surface area contributed by atoms with E-state index in [4.69, 9.17) is 28.0 Å². The van der Waals surface area contributed by atoms with Gasteiger partial charge in [0.25, 0.3) is 11.1 Å². The van der Waals surface area contributed by atoms with E-state index in [2.05, 4.69) is 5.10 Å². The number of fused-ring (bicyclic) bond motifs is 1. The molecule has 9 heteroatoms. The van der Waals surface area contributed by atoms with E-state index < -0.39 is 17.1 Å². The summed E-state index contributed by atoms with van der Waals surface area (Å²) in [5.41, 5.74) is -0.197. The Morgan fingerprint density at radius 2 is 1.92 bits per heavy atom. The van der Waals surface area contributed by atoms with Gasteiger partial charge >= 0.3 is 5.97 Å². The number of aromatic amines is 1. The van der Waals surface area contributed by atoms with Crippen molar-refractivity contribution in [2.45, 2.75) is 13.8 Å². The fourth-order valence-corrected chi connectivity index (χ4v) is 2.79. The maximum atomic E-state index is 12.7. The van der Waals surface area contributed by atoms with Crippen LogP contribution in [0.25, 0.3) is 16.6 Å². The van der Waals surface area contributed by atoms with Gasteiger partial charge in [-0.25, -0.2) is 9.48 Å². The van der Waals surface area contributed by atoms with Crippen molar-refractivity contribution in [2.75, 3.05) is 0 Å². The number of pyridine rings is 1. The predicted octanol–water partition coefficient (Wildman–Crippen LogP) is 2.07. The first-order chi connectivity index (χ1) is 11.3. The Hall–Kier alpha value is -2.51. The molecule has 0 aliphatic rings. The van der Waals surface area contributed by atoms with E-state index in [0.717, 1.165) is 11.7 Å². The summed E-state index contributed by atoms with van der Waals surface area (Å²) in [7, 11) is 0. The van der Waals surface area contributed by atoms with Crippen molar-refractivity contribution in [1.29, 1.82) is 0 Å². The van der Waals surface area contributed by atoms with Crippen LogP contribution in [-0.2, 0) is 4.79 Å². The summed E-state index contributed by atoms with van der Waals surface area (Å²) < 4.78 is 1.97. The van der Waals surface area contributed by atoms with Crippen LogP contribution in [-0.4, -0.2) is 20.5 Å². The second-order valence-electron chi connectivity index (χ2n) is 5.08. The second-order valence-corrected chi connectivity index (χ2v) is 5.93. The number of carbonyl (C=O) groups excluding carboxylic acids is 1. The fourth-order valence-electron chi connectivity index (χ4n) is 2.43. The van der Waals surface area contributed by atoms with E-state index in [0.29, 0.717) is 21.2 Å². The molecule has 2 heterocycles. The molecule has 3 aromatic rings. The highest BCUT2D eigenvalue weighted by atomic mass is 35.5. The van der Waals surface area contributed by atoms with Gasteiger partial charge in [-0.15, -0.1) is 4.73 Å². The van der Waals surface area contributed by atoms with E-state index in [1.165, 1.54) is 23.7 Å². The van der Waals surface area contributed by atoms with Crippen LogP contribution in [0.4, 0.5) is 0 Å². The molecule has 2 aromatic heterocycles. The van der Waals surface area contributed by atoms with Crippen molar-refractivity contribution in [3.63, 3.8) is 0 Å². The number of carbonyl (C=O) groups is 1. The molecule has 1 N–H and O–H groups in total. The summed E-state index contributed by atoms with van der Waals surface area (Å²) in [6.07, 6.45) is 0. The molecule has 24 heavy (non-hydrogen) atoms. The molecule has 1 aromatic carbocycles. The van der Waals surface area contributed by atoms with Crippen LogP contribution >= 0.6 is 23.2 Å². The molecule has 0 atom stereocenters.